The molecule has 0 saturated heterocycles. The van der Waals surface area contributed by atoms with Crippen LogP contribution in [0.15, 0.2) is 47.2 Å². The van der Waals surface area contributed by atoms with Crippen LogP contribution in [0.3, 0.4) is 0 Å². The van der Waals surface area contributed by atoms with E-state index in [4.69, 9.17) is 9.63 Å². The van der Waals surface area contributed by atoms with Crippen LogP contribution in [0.4, 0.5) is 0 Å². The van der Waals surface area contributed by atoms with Gasteiger partial charge in [0.25, 0.3) is 0 Å². The van der Waals surface area contributed by atoms with E-state index >= 15 is 0 Å². The predicted octanol–water partition coefficient (Wildman–Crippen LogP) is 2.53. The zero-order valence-corrected chi connectivity index (χ0v) is 10.6. The van der Waals surface area contributed by atoms with Gasteiger partial charge in [-0.15, -0.1) is 0 Å². The molecule has 0 atom stereocenters. The molecule has 0 aliphatic rings. The van der Waals surface area contributed by atoms with Gasteiger partial charge >= 0.3 is 5.97 Å². The Kier molecular flexibility index (Phi) is 2.83. The van der Waals surface area contributed by atoms with Gasteiger partial charge in [-0.3, -0.25) is 0 Å². The molecule has 0 saturated carbocycles. The second-order valence-corrected chi connectivity index (χ2v) is 4.39. The number of carbonyl (C=O) groups is 1. The number of benzene rings is 1. The van der Waals surface area contributed by atoms with Gasteiger partial charge in [-0.1, -0.05) is 17.3 Å². The summed E-state index contributed by atoms with van der Waals surface area (Å²) in [7, 11) is 0. The summed E-state index contributed by atoms with van der Waals surface area (Å²) in [6.07, 6.45) is 3.68. The van der Waals surface area contributed by atoms with Gasteiger partial charge in [-0.2, -0.15) is 5.10 Å². The Morgan fingerprint density at radius 2 is 2.20 bits per heavy atom. The Morgan fingerprint density at radius 1 is 1.35 bits per heavy atom. The third kappa shape index (κ3) is 2.18. The quantitative estimate of drug-likeness (QED) is 0.790. The largest absolute Gasteiger partial charge is 0.475 e. The van der Waals surface area contributed by atoms with Crippen molar-refractivity contribution >= 4 is 5.97 Å². The number of carboxylic acids is 1. The number of hydrogen-bond acceptors (Lipinski definition) is 4. The highest BCUT2D eigenvalue weighted by Gasteiger charge is 2.12. The number of aromatic carboxylic acids is 1. The number of aryl methyl sites for hydroxylation is 1. The second-order valence-electron chi connectivity index (χ2n) is 4.39. The average molecular weight is 269 g/mol. The second kappa shape index (κ2) is 4.65. The van der Waals surface area contributed by atoms with Gasteiger partial charge in [-0.25, -0.2) is 9.48 Å². The van der Waals surface area contributed by atoms with Gasteiger partial charge in [0.15, 0.2) is 0 Å². The minimum Gasteiger partial charge on any atom is -0.475 e. The molecular weight excluding hydrogens is 258 g/mol. The summed E-state index contributed by atoms with van der Waals surface area (Å²) in [6, 6.07) is 8.87. The normalized spacial score (nSPS) is 10.7. The van der Waals surface area contributed by atoms with Crippen molar-refractivity contribution in [2.24, 2.45) is 0 Å². The van der Waals surface area contributed by atoms with E-state index in [1.54, 1.807) is 10.9 Å². The molecule has 0 aliphatic carbocycles. The fourth-order valence-electron chi connectivity index (χ4n) is 1.87. The molecule has 6 heteroatoms. The first kappa shape index (κ1) is 12.2. The number of carboxylic acid groups (broad SMARTS) is 1. The Balaban J connectivity index is 2.00. The number of hydrogen-bond donors (Lipinski definition) is 1. The lowest BCUT2D eigenvalue weighted by molar-refractivity contribution is 0.0652. The van der Waals surface area contributed by atoms with Crippen molar-refractivity contribution in [3.8, 4) is 16.9 Å². The summed E-state index contributed by atoms with van der Waals surface area (Å²) in [4.78, 5) is 10.8. The van der Waals surface area contributed by atoms with Crippen LogP contribution in [0, 0.1) is 6.92 Å². The zero-order valence-electron chi connectivity index (χ0n) is 10.6. The highest BCUT2D eigenvalue weighted by atomic mass is 16.5. The summed E-state index contributed by atoms with van der Waals surface area (Å²) in [5.74, 6) is -1.32. The summed E-state index contributed by atoms with van der Waals surface area (Å²) in [6.45, 7) is 1.96. The molecule has 0 fully saturated rings. The van der Waals surface area contributed by atoms with Crippen LogP contribution in [0.25, 0.3) is 16.9 Å². The molecule has 3 rings (SSSR count). The maximum atomic E-state index is 10.8. The lowest BCUT2D eigenvalue weighted by atomic mass is 10.1. The SMILES string of the molecule is Cc1cnn(-c2cccc(-c3cc(C(=O)O)on3)c2)c1. The maximum absolute atomic E-state index is 10.8. The molecule has 0 bridgehead atoms. The molecule has 20 heavy (non-hydrogen) atoms. The third-order valence-corrected chi connectivity index (χ3v) is 2.84. The van der Waals surface area contributed by atoms with E-state index < -0.39 is 5.97 Å². The molecule has 100 valence electrons. The van der Waals surface area contributed by atoms with E-state index in [0.717, 1.165) is 16.8 Å². The molecule has 0 unspecified atom stereocenters. The Bertz CT molecular complexity index is 773. The highest BCUT2D eigenvalue weighted by Crippen LogP contribution is 2.22. The van der Waals surface area contributed by atoms with Gasteiger partial charge in [0, 0.05) is 17.8 Å². The van der Waals surface area contributed by atoms with Gasteiger partial charge in [0.1, 0.15) is 5.69 Å². The maximum Gasteiger partial charge on any atom is 0.374 e. The van der Waals surface area contributed by atoms with Crippen molar-refractivity contribution in [2.75, 3.05) is 0 Å². The zero-order chi connectivity index (χ0) is 14.1. The van der Waals surface area contributed by atoms with Crippen LogP contribution in [-0.4, -0.2) is 26.0 Å². The molecule has 1 aromatic carbocycles. The first-order chi connectivity index (χ1) is 9.63. The van der Waals surface area contributed by atoms with Gasteiger partial charge in [0.05, 0.1) is 11.9 Å². The summed E-state index contributed by atoms with van der Waals surface area (Å²) in [5.41, 5.74) is 3.18. The van der Waals surface area contributed by atoms with Crippen LogP contribution in [0.5, 0.6) is 0 Å². The molecule has 0 radical (unpaired) electrons. The fourth-order valence-corrected chi connectivity index (χ4v) is 1.87. The number of aromatic nitrogens is 3. The Morgan fingerprint density at radius 3 is 2.85 bits per heavy atom. The molecule has 1 N–H and O–H groups in total. The standard InChI is InChI=1S/C14H11N3O3/c1-9-7-15-17(8-9)11-4-2-3-10(5-11)12-6-13(14(18)19)20-16-12/h2-8H,1H3,(H,18,19). The Hall–Kier alpha value is -2.89. The van der Waals surface area contributed by atoms with Crippen LogP contribution >= 0.6 is 0 Å². The molecule has 0 amide bonds. The smallest absolute Gasteiger partial charge is 0.374 e. The summed E-state index contributed by atoms with van der Waals surface area (Å²) >= 11 is 0. The topological polar surface area (TPSA) is 81.2 Å². The van der Waals surface area contributed by atoms with E-state index in [1.807, 2.05) is 37.4 Å². The fraction of sp³-hybridized carbons (Fsp3) is 0.0714. The Labute approximate surface area is 114 Å². The van der Waals surface area contributed by atoms with Crippen molar-refractivity contribution in [3.05, 3.63) is 54.0 Å². The number of rotatable bonds is 3. The van der Waals surface area contributed by atoms with E-state index in [1.165, 1.54) is 6.07 Å². The molecule has 0 aliphatic heterocycles. The van der Waals surface area contributed by atoms with E-state index in [2.05, 4.69) is 10.3 Å². The van der Waals surface area contributed by atoms with E-state index in [9.17, 15) is 4.79 Å². The van der Waals surface area contributed by atoms with Crippen LogP contribution in [-0.2, 0) is 0 Å². The minimum absolute atomic E-state index is 0.180. The van der Waals surface area contributed by atoms with Crippen molar-refractivity contribution < 1.29 is 14.4 Å². The molecule has 2 aromatic heterocycles. The minimum atomic E-state index is -1.14. The van der Waals surface area contributed by atoms with Crippen molar-refractivity contribution in [1.29, 1.82) is 0 Å². The van der Waals surface area contributed by atoms with E-state index in [-0.39, 0.29) is 5.76 Å². The van der Waals surface area contributed by atoms with Gasteiger partial charge in [-0.05, 0) is 24.6 Å². The van der Waals surface area contributed by atoms with Crippen LogP contribution in [0.1, 0.15) is 16.1 Å². The third-order valence-electron chi connectivity index (χ3n) is 2.84. The molecule has 3 aromatic rings. The predicted molar refractivity (Wildman–Crippen MR) is 70.8 cm³/mol. The molecular formula is C14H11N3O3. The van der Waals surface area contributed by atoms with Crippen LogP contribution < -0.4 is 0 Å². The lowest BCUT2D eigenvalue weighted by Crippen LogP contribution is -1.94. The summed E-state index contributed by atoms with van der Waals surface area (Å²) in [5, 5.41) is 16.8. The number of nitrogens with zero attached hydrogens (tertiary/aromatic N) is 3. The van der Waals surface area contributed by atoms with Gasteiger partial charge < -0.3 is 9.63 Å². The monoisotopic (exact) mass is 269 g/mol. The average Bonchev–Trinajstić information content (AvgIpc) is 3.07. The molecule has 0 spiro atoms. The van der Waals surface area contributed by atoms with Crippen molar-refractivity contribution in [2.45, 2.75) is 6.92 Å². The lowest BCUT2D eigenvalue weighted by Gasteiger charge is -2.02. The molecule has 2 heterocycles. The first-order valence-corrected chi connectivity index (χ1v) is 5.95. The van der Waals surface area contributed by atoms with Crippen molar-refractivity contribution in [3.63, 3.8) is 0 Å². The van der Waals surface area contributed by atoms with Crippen LogP contribution in [0.2, 0.25) is 0 Å². The first-order valence-electron chi connectivity index (χ1n) is 5.95. The highest BCUT2D eigenvalue weighted by molar-refractivity contribution is 5.85. The molecule has 6 nitrogen and oxygen atoms in total. The summed E-state index contributed by atoms with van der Waals surface area (Å²) < 4.78 is 6.51. The van der Waals surface area contributed by atoms with Crippen molar-refractivity contribution in [1.82, 2.24) is 14.9 Å². The van der Waals surface area contributed by atoms with Gasteiger partial charge in [0.2, 0.25) is 5.76 Å². The van der Waals surface area contributed by atoms with E-state index in [0.29, 0.717) is 5.69 Å².